The van der Waals surface area contributed by atoms with E-state index in [4.69, 9.17) is 10.4 Å². The molecule has 0 bridgehead atoms. The van der Waals surface area contributed by atoms with Crippen LogP contribution in [-0.4, -0.2) is 26.8 Å². The Morgan fingerprint density at radius 2 is 2.00 bits per heavy atom. The summed E-state index contributed by atoms with van der Waals surface area (Å²) in [6, 6.07) is 6.76. The lowest BCUT2D eigenvalue weighted by Gasteiger charge is -2.05. The topological polar surface area (TPSA) is 142 Å². The summed E-state index contributed by atoms with van der Waals surface area (Å²) in [6.07, 6.45) is 0. The summed E-state index contributed by atoms with van der Waals surface area (Å²) in [5, 5.41) is 17.4. The van der Waals surface area contributed by atoms with E-state index in [0.717, 1.165) is 6.07 Å². The van der Waals surface area contributed by atoms with Gasteiger partial charge in [0.1, 0.15) is 6.54 Å². The second-order valence-electron chi connectivity index (χ2n) is 3.37. The van der Waals surface area contributed by atoms with Crippen molar-refractivity contribution in [3.8, 4) is 6.07 Å². The van der Waals surface area contributed by atoms with Crippen LogP contribution < -0.4 is 15.8 Å². The van der Waals surface area contributed by atoms with Crippen LogP contribution in [0.3, 0.4) is 0 Å². The highest BCUT2D eigenvalue weighted by atomic mass is 32.2. The molecule has 0 aliphatic carbocycles. The normalized spacial score (nSPS) is 10.3. The van der Waals surface area contributed by atoms with Gasteiger partial charge in [0.05, 0.1) is 11.0 Å². The fraction of sp³-hybridized carbons (Fsp3) is 0.100. The first kappa shape index (κ1) is 14.6. The Labute approximate surface area is 109 Å². The molecule has 0 saturated heterocycles. The van der Waals surface area contributed by atoms with E-state index >= 15 is 0 Å². The molecule has 1 aromatic rings. The van der Waals surface area contributed by atoms with Gasteiger partial charge >= 0.3 is 11.8 Å². The van der Waals surface area contributed by atoms with Gasteiger partial charge in [-0.3, -0.25) is 9.59 Å². The van der Waals surface area contributed by atoms with Crippen LogP contribution in [-0.2, 0) is 19.6 Å². The summed E-state index contributed by atoms with van der Waals surface area (Å²) < 4.78 is 22.2. The molecule has 0 aromatic heterocycles. The van der Waals surface area contributed by atoms with Crippen LogP contribution in [0.1, 0.15) is 0 Å². The average molecular weight is 282 g/mol. The summed E-state index contributed by atoms with van der Waals surface area (Å²) in [4.78, 5) is 22.3. The number of nitrogens with two attached hydrogens (primary N) is 1. The van der Waals surface area contributed by atoms with Crippen molar-refractivity contribution in [2.75, 3.05) is 11.9 Å². The van der Waals surface area contributed by atoms with Crippen molar-refractivity contribution < 1.29 is 18.0 Å². The average Bonchev–Trinajstić information content (AvgIpc) is 2.35. The SMILES string of the molecule is N#CCNC(=O)C(=O)Nc1cccc(S(N)(=O)=O)c1. The van der Waals surface area contributed by atoms with Gasteiger partial charge in [0, 0.05) is 5.69 Å². The molecule has 0 unspecified atom stereocenters. The van der Waals surface area contributed by atoms with Crippen molar-refractivity contribution in [1.82, 2.24) is 5.32 Å². The number of nitriles is 1. The molecule has 9 heteroatoms. The first-order valence-corrected chi connectivity index (χ1v) is 6.48. The third kappa shape index (κ3) is 4.38. The van der Waals surface area contributed by atoms with Gasteiger partial charge in [0.15, 0.2) is 0 Å². The molecule has 0 fully saturated rings. The smallest absolute Gasteiger partial charge is 0.313 e. The first-order valence-electron chi connectivity index (χ1n) is 4.93. The first-order chi connectivity index (χ1) is 8.84. The number of rotatable bonds is 3. The summed E-state index contributed by atoms with van der Waals surface area (Å²) in [7, 11) is -3.89. The van der Waals surface area contributed by atoms with E-state index in [0.29, 0.717) is 0 Å². The molecule has 0 heterocycles. The number of carbonyl (C=O) groups is 2. The molecule has 0 aliphatic heterocycles. The highest BCUT2D eigenvalue weighted by Gasteiger charge is 2.14. The van der Waals surface area contributed by atoms with Gasteiger partial charge in [-0.1, -0.05) is 6.07 Å². The van der Waals surface area contributed by atoms with E-state index in [2.05, 4.69) is 5.32 Å². The van der Waals surface area contributed by atoms with E-state index in [9.17, 15) is 18.0 Å². The van der Waals surface area contributed by atoms with Crippen LogP contribution in [0.4, 0.5) is 5.69 Å². The fourth-order valence-corrected chi connectivity index (χ4v) is 1.70. The lowest BCUT2D eigenvalue weighted by molar-refractivity contribution is -0.136. The summed E-state index contributed by atoms with van der Waals surface area (Å²) in [6.45, 7) is -0.302. The van der Waals surface area contributed by atoms with Gasteiger partial charge in [-0.15, -0.1) is 0 Å². The van der Waals surface area contributed by atoms with Gasteiger partial charge in [0.2, 0.25) is 10.0 Å². The fourth-order valence-electron chi connectivity index (χ4n) is 1.14. The van der Waals surface area contributed by atoms with E-state index < -0.39 is 21.8 Å². The van der Waals surface area contributed by atoms with Crippen LogP contribution in [0.5, 0.6) is 0 Å². The lowest BCUT2D eigenvalue weighted by Crippen LogP contribution is -2.35. The monoisotopic (exact) mass is 282 g/mol. The van der Waals surface area contributed by atoms with Crippen LogP contribution in [0.15, 0.2) is 29.2 Å². The van der Waals surface area contributed by atoms with Gasteiger partial charge in [-0.2, -0.15) is 5.26 Å². The minimum atomic E-state index is -3.89. The molecule has 2 amide bonds. The van der Waals surface area contributed by atoms with E-state index in [-0.39, 0.29) is 17.1 Å². The molecule has 0 saturated carbocycles. The number of hydrogen-bond acceptors (Lipinski definition) is 5. The molecular formula is C10H10N4O4S. The second kappa shape index (κ2) is 5.94. The Balaban J connectivity index is 2.81. The standard InChI is InChI=1S/C10H10N4O4S/c11-4-5-13-9(15)10(16)14-7-2-1-3-8(6-7)19(12,17)18/h1-3,6H,5H2,(H,13,15)(H,14,16)(H2,12,17,18). The third-order valence-corrected chi connectivity index (χ3v) is 2.87. The maximum Gasteiger partial charge on any atom is 0.313 e. The van der Waals surface area contributed by atoms with Crippen molar-refractivity contribution in [2.24, 2.45) is 5.14 Å². The number of amides is 2. The molecule has 0 spiro atoms. The predicted octanol–water partition coefficient (Wildman–Crippen LogP) is -1.09. The van der Waals surface area contributed by atoms with Gasteiger partial charge in [-0.05, 0) is 18.2 Å². The molecule has 4 N–H and O–H groups in total. The number of anilines is 1. The summed E-state index contributed by atoms with van der Waals surface area (Å²) in [5.74, 6) is -2.01. The van der Waals surface area contributed by atoms with Crippen LogP contribution in [0.2, 0.25) is 0 Å². The number of benzene rings is 1. The molecule has 0 radical (unpaired) electrons. The summed E-state index contributed by atoms with van der Waals surface area (Å²) in [5.41, 5.74) is 0.101. The van der Waals surface area contributed by atoms with E-state index in [1.807, 2.05) is 5.32 Å². The van der Waals surface area contributed by atoms with Crippen molar-refractivity contribution in [3.05, 3.63) is 24.3 Å². The molecule has 0 aliphatic rings. The summed E-state index contributed by atoms with van der Waals surface area (Å²) >= 11 is 0. The number of carbonyl (C=O) groups excluding carboxylic acids is 2. The Morgan fingerprint density at radius 3 is 2.58 bits per heavy atom. The van der Waals surface area contributed by atoms with Crippen molar-refractivity contribution in [3.63, 3.8) is 0 Å². The molecular weight excluding hydrogens is 272 g/mol. The maximum absolute atomic E-state index is 11.4. The van der Waals surface area contributed by atoms with Gasteiger partial charge in [-0.25, -0.2) is 13.6 Å². The molecule has 1 aromatic carbocycles. The van der Waals surface area contributed by atoms with Crippen molar-refractivity contribution in [2.45, 2.75) is 4.90 Å². The largest absolute Gasteiger partial charge is 0.335 e. The van der Waals surface area contributed by atoms with Crippen LogP contribution in [0.25, 0.3) is 0 Å². The molecule has 19 heavy (non-hydrogen) atoms. The molecule has 8 nitrogen and oxygen atoms in total. The Hall–Kier alpha value is -2.44. The van der Waals surface area contributed by atoms with Crippen molar-refractivity contribution >= 4 is 27.5 Å². The van der Waals surface area contributed by atoms with Crippen LogP contribution >= 0.6 is 0 Å². The number of hydrogen-bond donors (Lipinski definition) is 3. The Morgan fingerprint density at radius 1 is 1.32 bits per heavy atom. The quantitative estimate of drug-likeness (QED) is 0.477. The Kier molecular flexibility index (Phi) is 4.57. The Bertz CT molecular complexity index is 648. The highest BCUT2D eigenvalue weighted by molar-refractivity contribution is 7.89. The highest BCUT2D eigenvalue weighted by Crippen LogP contribution is 2.13. The van der Waals surface area contributed by atoms with Crippen molar-refractivity contribution in [1.29, 1.82) is 5.26 Å². The minimum absolute atomic E-state index is 0.101. The zero-order valence-corrected chi connectivity index (χ0v) is 10.4. The maximum atomic E-state index is 11.4. The molecule has 1 rings (SSSR count). The molecule has 100 valence electrons. The number of nitrogens with zero attached hydrogens (tertiary/aromatic N) is 1. The third-order valence-electron chi connectivity index (χ3n) is 1.95. The number of primary sulfonamides is 1. The minimum Gasteiger partial charge on any atom is -0.335 e. The zero-order chi connectivity index (χ0) is 14.5. The van der Waals surface area contributed by atoms with E-state index in [1.165, 1.54) is 18.2 Å². The predicted molar refractivity (Wildman–Crippen MR) is 65.1 cm³/mol. The lowest BCUT2D eigenvalue weighted by atomic mass is 10.3. The number of nitrogens with one attached hydrogen (secondary N) is 2. The van der Waals surface area contributed by atoms with Gasteiger partial charge < -0.3 is 10.6 Å². The molecule has 0 atom stereocenters. The number of sulfonamides is 1. The van der Waals surface area contributed by atoms with E-state index in [1.54, 1.807) is 6.07 Å². The van der Waals surface area contributed by atoms with Gasteiger partial charge in [0.25, 0.3) is 0 Å². The second-order valence-corrected chi connectivity index (χ2v) is 4.93. The van der Waals surface area contributed by atoms with Crippen LogP contribution in [0, 0.1) is 11.3 Å². The zero-order valence-electron chi connectivity index (χ0n) is 9.58.